The Morgan fingerprint density at radius 1 is 0.875 bits per heavy atom. The lowest BCUT2D eigenvalue weighted by molar-refractivity contribution is -0.105. The maximum absolute atomic E-state index is 5.44. The average molecular weight is 327 g/mol. The molecule has 5 rings (SSSR count). The van der Waals surface area contributed by atoms with Gasteiger partial charge in [-0.25, -0.2) is 0 Å². The molecule has 0 aromatic carbocycles. The van der Waals surface area contributed by atoms with Crippen molar-refractivity contribution in [3.8, 4) is 0 Å². The summed E-state index contributed by atoms with van der Waals surface area (Å²) in [7, 11) is 0. The van der Waals surface area contributed by atoms with Gasteiger partial charge in [0.1, 0.15) is 0 Å². The van der Waals surface area contributed by atoms with Crippen molar-refractivity contribution in [2.45, 2.75) is 84.0 Å². The van der Waals surface area contributed by atoms with Gasteiger partial charge in [-0.15, -0.1) is 0 Å². The van der Waals surface area contributed by atoms with E-state index in [9.17, 15) is 0 Å². The second-order valence-corrected chi connectivity index (χ2v) is 10.1. The SMILES string of the molecule is C[C@]12CCCC[C@H]1CC[C@H]1[C@H]3CC[C@H](c4ccoc4)[C@@]3(C)CC[C@@H]12. The molecule has 4 aliphatic carbocycles. The molecular weight excluding hydrogens is 292 g/mol. The lowest BCUT2D eigenvalue weighted by atomic mass is 9.45. The summed E-state index contributed by atoms with van der Waals surface area (Å²) in [6.45, 7) is 5.33. The van der Waals surface area contributed by atoms with Crippen LogP contribution in [0.4, 0.5) is 0 Å². The molecule has 0 spiro atoms. The van der Waals surface area contributed by atoms with Gasteiger partial charge in [-0.2, -0.15) is 0 Å². The van der Waals surface area contributed by atoms with E-state index in [2.05, 4.69) is 19.9 Å². The predicted molar refractivity (Wildman–Crippen MR) is 97.8 cm³/mol. The Kier molecular flexibility index (Phi) is 3.48. The van der Waals surface area contributed by atoms with Crippen LogP contribution in [0, 0.1) is 34.5 Å². The first kappa shape index (κ1) is 15.5. The highest BCUT2D eigenvalue weighted by molar-refractivity contribution is 5.22. The highest BCUT2D eigenvalue weighted by atomic mass is 16.3. The summed E-state index contributed by atoms with van der Waals surface area (Å²) in [6.07, 6.45) is 18.8. The van der Waals surface area contributed by atoms with Gasteiger partial charge in [0.15, 0.2) is 0 Å². The smallest absolute Gasteiger partial charge is 0.0937 e. The van der Waals surface area contributed by atoms with Gasteiger partial charge in [-0.1, -0.05) is 26.7 Å². The third-order valence-electron chi connectivity index (χ3n) is 9.53. The Hall–Kier alpha value is -0.720. The Labute approximate surface area is 147 Å². The molecule has 0 aliphatic heterocycles. The van der Waals surface area contributed by atoms with Crippen molar-refractivity contribution in [1.29, 1.82) is 0 Å². The lowest BCUT2D eigenvalue weighted by Crippen LogP contribution is -2.52. The molecule has 1 heterocycles. The largest absolute Gasteiger partial charge is 0.472 e. The van der Waals surface area contributed by atoms with Crippen molar-refractivity contribution >= 4 is 0 Å². The van der Waals surface area contributed by atoms with E-state index in [0.29, 0.717) is 10.8 Å². The monoisotopic (exact) mass is 326 g/mol. The van der Waals surface area contributed by atoms with Gasteiger partial charge in [-0.05, 0) is 103 Å². The second kappa shape index (κ2) is 5.39. The van der Waals surface area contributed by atoms with E-state index < -0.39 is 0 Å². The van der Waals surface area contributed by atoms with Crippen LogP contribution in [0.1, 0.15) is 89.5 Å². The van der Waals surface area contributed by atoms with Gasteiger partial charge in [0.05, 0.1) is 12.5 Å². The number of hydrogen-bond acceptors (Lipinski definition) is 1. The van der Waals surface area contributed by atoms with Crippen LogP contribution in [-0.2, 0) is 0 Å². The van der Waals surface area contributed by atoms with Crippen molar-refractivity contribution < 1.29 is 4.42 Å². The predicted octanol–water partition coefficient (Wildman–Crippen LogP) is 6.80. The van der Waals surface area contributed by atoms with Crippen molar-refractivity contribution in [2.24, 2.45) is 34.5 Å². The zero-order valence-corrected chi connectivity index (χ0v) is 15.6. The molecule has 132 valence electrons. The third kappa shape index (κ3) is 1.99. The molecular formula is C23H34O. The van der Waals surface area contributed by atoms with Gasteiger partial charge in [-0.3, -0.25) is 0 Å². The zero-order chi connectivity index (χ0) is 16.4. The van der Waals surface area contributed by atoms with Crippen molar-refractivity contribution in [1.82, 2.24) is 0 Å². The van der Waals surface area contributed by atoms with Gasteiger partial charge < -0.3 is 4.42 Å². The van der Waals surface area contributed by atoms with Crippen LogP contribution in [0.25, 0.3) is 0 Å². The summed E-state index contributed by atoms with van der Waals surface area (Å²) < 4.78 is 5.44. The van der Waals surface area contributed by atoms with Gasteiger partial charge in [0.25, 0.3) is 0 Å². The Morgan fingerprint density at radius 3 is 2.58 bits per heavy atom. The maximum Gasteiger partial charge on any atom is 0.0937 e. The van der Waals surface area contributed by atoms with Crippen LogP contribution in [0.3, 0.4) is 0 Å². The fourth-order valence-electron chi connectivity index (χ4n) is 8.32. The van der Waals surface area contributed by atoms with E-state index >= 15 is 0 Å². The van der Waals surface area contributed by atoms with Gasteiger partial charge in [0, 0.05) is 0 Å². The van der Waals surface area contributed by atoms with E-state index in [1.807, 2.05) is 12.5 Å². The summed E-state index contributed by atoms with van der Waals surface area (Å²) in [6, 6.07) is 2.24. The molecule has 0 radical (unpaired) electrons. The molecule has 1 aromatic rings. The number of fused-ring (bicyclic) bond motifs is 5. The molecule has 1 nitrogen and oxygen atoms in total. The molecule has 24 heavy (non-hydrogen) atoms. The van der Waals surface area contributed by atoms with E-state index in [-0.39, 0.29) is 0 Å². The first-order valence-electron chi connectivity index (χ1n) is 10.6. The molecule has 0 amide bonds. The number of hydrogen-bond donors (Lipinski definition) is 0. The summed E-state index contributed by atoms with van der Waals surface area (Å²) in [5, 5.41) is 0. The zero-order valence-electron chi connectivity index (χ0n) is 15.6. The number of rotatable bonds is 1. The van der Waals surface area contributed by atoms with Crippen molar-refractivity contribution in [3.05, 3.63) is 24.2 Å². The lowest BCUT2D eigenvalue weighted by Gasteiger charge is -2.60. The van der Waals surface area contributed by atoms with Gasteiger partial charge in [0.2, 0.25) is 0 Å². The number of furan rings is 1. The highest BCUT2D eigenvalue weighted by Crippen LogP contribution is 2.68. The van der Waals surface area contributed by atoms with Crippen LogP contribution >= 0.6 is 0 Å². The quantitative estimate of drug-likeness (QED) is 0.553. The molecule has 4 aliphatic rings. The fourth-order valence-corrected chi connectivity index (χ4v) is 8.32. The first-order valence-corrected chi connectivity index (χ1v) is 10.6. The van der Waals surface area contributed by atoms with Crippen molar-refractivity contribution in [3.63, 3.8) is 0 Å². The standard InChI is InChI=1S/C23H34O/c1-22-12-4-3-5-17(22)6-7-18-20-9-8-19(16-11-14-24-15-16)23(20,2)13-10-21(18)22/h11,14-15,17-21H,3-10,12-13H2,1-2H3/t17-,18-,19+,20+,21-,22-,23+/m0/s1. The molecule has 4 fully saturated rings. The van der Waals surface area contributed by atoms with E-state index in [0.717, 1.165) is 29.6 Å². The van der Waals surface area contributed by atoms with Crippen LogP contribution in [0.2, 0.25) is 0 Å². The van der Waals surface area contributed by atoms with Crippen LogP contribution in [-0.4, -0.2) is 0 Å². The molecule has 1 aromatic heterocycles. The van der Waals surface area contributed by atoms with Gasteiger partial charge >= 0.3 is 0 Å². The molecule has 0 saturated heterocycles. The summed E-state index contributed by atoms with van der Waals surface area (Å²) in [4.78, 5) is 0. The minimum absolute atomic E-state index is 0.531. The summed E-state index contributed by atoms with van der Waals surface area (Å²) in [5.74, 6) is 4.80. The topological polar surface area (TPSA) is 13.1 Å². The maximum atomic E-state index is 5.44. The second-order valence-electron chi connectivity index (χ2n) is 10.1. The molecule has 1 heteroatoms. The summed E-state index contributed by atoms with van der Waals surface area (Å²) >= 11 is 0. The fraction of sp³-hybridized carbons (Fsp3) is 0.826. The van der Waals surface area contributed by atoms with Crippen LogP contribution in [0.5, 0.6) is 0 Å². The Balaban J connectivity index is 1.45. The van der Waals surface area contributed by atoms with Crippen LogP contribution in [0.15, 0.2) is 23.0 Å². The summed E-state index contributed by atoms with van der Waals surface area (Å²) in [5.41, 5.74) is 2.69. The third-order valence-corrected chi connectivity index (χ3v) is 9.53. The highest BCUT2D eigenvalue weighted by Gasteiger charge is 2.59. The normalized spacial score (nSPS) is 50.8. The Bertz CT molecular complexity index is 589. The van der Waals surface area contributed by atoms with E-state index in [4.69, 9.17) is 4.42 Å². The first-order chi connectivity index (χ1) is 11.6. The average Bonchev–Trinajstić information content (AvgIpc) is 3.20. The minimum Gasteiger partial charge on any atom is -0.472 e. The molecule has 0 N–H and O–H groups in total. The van der Waals surface area contributed by atoms with Crippen molar-refractivity contribution in [2.75, 3.05) is 0 Å². The van der Waals surface area contributed by atoms with E-state index in [1.54, 1.807) is 0 Å². The molecule has 0 bridgehead atoms. The molecule has 4 saturated carbocycles. The van der Waals surface area contributed by atoms with Crippen LogP contribution < -0.4 is 0 Å². The Morgan fingerprint density at radius 2 is 1.75 bits per heavy atom. The molecule has 7 atom stereocenters. The molecule has 0 unspecified atom stereocenters. The minimum atomic E-state index is 0.531. The van der Waals surface area contributed by atoms with E-state index in [1.165, 1.54) is 69.8 Å².